The van der Waals surface area contributed by atoms with E-state index in [0.29, 0.717) is 32.6 Å². The van der Waals surface area contributed by atoms with Crippen LogP contribution in [0.15, 0.2) is 24.3 Å². The first-order chi connectivity index (χ1) is 11.3. The Morgan fingerprint density at radius 3 is 2.21 bits per heavy atom. The van der Waals surface area contributed by atoms with E-state index in [0.717, 1.165) is 12.1 Å². The predicted octanol–water partition coefficient (Wildman–Crippen LogP) is 3.01. The molecule has 8 heteroatoms. The third-order valence-corrected chi connectivity index (χ3v) is 3.77. The molecule has 2 rings (SSSR count). The van der Waals surface area contributed by atoms with Crippen LogP contribution in [0.1, 0.15) is 29.3 Å². The van der Waals surface area contributed by atoms with E-state index >= 15 is 0 Å². The minimum absolute atomic E-state index is 0.201. The smallest absolute Gasteiger partial charge is 0.416 e. The molecular weight excluding hydrogens is 325 g/mol. The Kier molecular flexibility index (Phi) is 5.69. The second kappa shape index (κ2) is 7.55. The van der Waals surface area contributed by atoms with Crippen LogP contribution < -0.4 is 0 Å². The van der Waals surface area contributed by atoms with Crippen LogP contribution in [0.25, 0.3) is 0 Å². The van der Waals surface area contributed by atoms with Gasteiger partial charge in [0.15, 0.2) is 0 Å². The third kappa shape index (κ3) is 4.39. The number of nitrogens with zero attached hydrogens (tertiary/aromatic N) is 2. The van der Waals surface area contributed by atoms with Crippen molar-refractivity contribution in [2.24, 2.45) is 0 Å². The van der Waals surface area contributed by atoms with Gasteiger partial charge >= 0.3 is 12.3 Å². The Bertz CT molecular complexity index is 587. The highest BCUT2D eigenvalue weighted by atomic mass is 19.4. The molecule has 0 N–H and O–H groups in total. The van der Waals surface area contributed by atoms with Crippen LogP contribution in [0, 0.1) is 0 Å². The molecule has 0 saturated carbocycles. The summed E-state index contributed by atoms with van der Waals surface area (Å²) < 4.78 is 42.6. The minimum Gasteiger partial charge on any atom is -0.450 e. The molecular formula is C16H19F3N2O3. The Morgan fingerprint density at radius 2 is 1.62 bits per heavy atom. The Balaban J connectivity index is 2.01. The number of hydrogen-bond donors (Lipinski definition) is 0. The number of alkyl halides is 3. The summed E-state index contributed by atoms with van der Waals surface area (Å²) >= 11 is 0. The molecule has 0 aliphatic carbocycles. The topological polar surface area (TPSA) is 49.9 Å². The van der Waals surface area contributed by atoms with Crippen molar-refractivity contribution in [3.63, 3.8) is 0 Å². The summed E-state index contributed by atoms with van der Waals surface area (Å²) in [6.45, 7) is 3.58. The van der Waals surface area contributed by atoms with E-state index < -0.39 is 17.8 Å². The van der Waals surface area contributed by atoms with Gasteiger partial charge in [-0.25, -0.2) is 4.79 Å². The summed E-state index contributed by atoms with van der Waals surface area (Å²) in [5, 5.41) is 0. The second-order valence-corrected chi connectivity index (χ2v) is 5.41. The van der Waals surface area contributed by atoms with Crippen molar-refractivity contribution in [2.45, 2.75) is 19.5 Å². The summed E-state index contributed by atoms with van der Waals surface area (Å²) in [7, 11) is 0. The van der Waals surface area contributed by atoms with E-state index in [1.54, 1.807) is 11.8 Å². The average Bonchev–Trinajstić information content (AvgIpc) is 2.80. The van der Waals surface area contributed by atoms with Crippen molar-refractivity contribution in [2.75, 3.05) is 32.8 Å². The lowest BCUT2D eigenvalue weighted by Crippen LogP contribution is -2.37. The van der Waals surface area contributed by atoms with E-state index in [9.17, 15) is 22.8 Å². The molecule has 1 aliphatic heterocycles. The van der Waals surface area contributed by atoms with Crippen molar-refractivity contribution >= 4 is 12.0 Å². The molecule has 1 saturated heterocycles. The number of hydrogen-bond acceptors (Lipinski definition) is 3. The molecule has 1 aromatic rings. The fraction of sp³-hybridized carbons (Fsp3) is 0.500. The summed E-state index contributed by atoms with van der Waals surface area (Å²) in [5.74, 6) is -0.338. The first kappa shape index (κ1) is 18.1. The van der Waals surface area contributed by atoms with Crippen LogP contribution in [-0.2, 0) is 10.9 Å². The van der Waals surface area contributed by atoms with Gasteiger partial charge in [0.05, 0.1) is 12.2 Å². The number of carbonyl (C=O) groups excluding carboxylic acids is 2. The third-order valence-electron chi connectivity index (χ3n) is 3.77. The van der Waals surface area contributed by atoms with E-state index in [-0.39, 0.29) is 18.1 Å². The van der Waals surface area contributed by atoms with Crippen LogP contribution in [-0.4, -0.2) is 54.6 Å². The van der Waals surface area contributed by atoms with Crippen LogP contribution in [0.5, 0.6) is 0 Å². The van der Waals surface area contributed by atoms with Gasteiger partial charge in [-0.15, -0.1) is 0 Å². The average molecular weight is 344 g/mol. The number of amides is 2. The highest BCUT2D eigenvalue weighted by molar-refractivity contribution is 5.94. The minimum atomic E-state index is -4.43. The van der Waals surface area contributed by atoms with E-state index in [4.69, 9.17) is 4.74 Å². The lowest BCUT2D eigenvalue weighted by atomic mass is 10.1. The molecule has 0 spiro atoms. The quantitative estimate of drug-likeness (QED) is 0.829. The number of halogens is 3. The monoisotopic (exact) mass is 344 g/mol. The van der Waals surface area contributed by atoms with E-state index in [1.807, 2.05) is 0 Å². The largest absolute Gasteiger partial charge is 0.450 e. The lowest BCUT2D eigenvalue weighted by molar-refractivity contribution is -0.137. The van der Waals surface area contributed by atoms with Gasteiger partial charge in [-0.3, -0.25) is 4.79 Å². The summed E-state index contributed by atoms with van der Waals surface area (Å²) in [4.78, 5) is 27.2. The summed E-state index contributed by atoms with van der Waals surface area (Å²) in [6, 6.07) is 4.16. The van der Waals surface area contributed by atoms with Crippen molar-refractivity contribution < 1.29 is 27.5 Å². The normalized spacial score (nSPS) is 15.8. The van der Waals surface area contributed by atoms with Crippen molar-refractivity contribution in [3.8, 4) is 0 Å². The fourth-order valence-electron chi connectivity index (χ4n) is 2.50. The summed E-state index contributed by atoms with van der Waals surface area (Å²) in [6.07, 6.45) is -4.25. The van der Waals surface area contributed by atoms with Gasteiger partial charge in [0.1, 0.15) is 0 Å². The van der Waals surface area contributed by atoms with E-state index in [1.165, 1.54) is 17.0 Å². The Morgan fingerprint density at radius 1 is 1.04 bits per heavy atom. The molecule has 1 heterocycles. The number of benzene rings is 1. The highest BCUT2D eigenvalue weighted by Crippen LogP contribution is 2.29. The maximum Gasteiger partial charge on any atom is 0.416 e. The molecule has 0 atom stereocenters. The van der Waals surface area contributed by atoms with Gasteiger partial charge in [-0.2, -0.15) is 13.2 Å². The molecule has 24 heavy (non-hydrogen) atoms. The predicted molar refractivity (Wildman–Crippen MR) is 80.6 cm³/mol. The van der Waals surface area contributed by atoms with Crippen LogP contribution in [0.4, 0.5) is 18.0 Å². The molecule has 1 fully saturated rings. The molecule has 0 bridgehead atoms. The fourth-order valence-corrected chi connectivity index (χ4v) is 2.50. The van der Waals surface area contributed by atoms with Gasteiger partial charge in [0.2, 0.25) is 0 Å². The van der Waals surface area contributed by atoms with Crippen LogP contribution >= 0.6 is 0 Å². The zero-order valence-electron chi connectivity index (χ0n) is 13.3. The van der Waals surface area contributed by atoms with Gasteiger partial charge in [0.25, 0.3) is 5.91 Å². The first-order valence-corrected chi connectivity index (χ1v) is 7.71. The van der Waals surface area contributed by atoms with Crippen molar-refractivity contribution in [1.29, 1.82) is 0 Å². The zero-order chi connectivity index (χ0) is 17.7. The van der Waals surface area contributed by atoms with E-state index in [2.05, 4.69) is 0 Å². The lowest BCUT2D eigenvalue weighted by Gasteiger charge is -2.22. The number of carbonyl (C=O) groups is 2. The van der Waals surface area contributed by atoms with Crippen LogP contribution in [0.2, 0.25) is 0 Å². The standard InChI is InChI=1S/C16H19F3N2O3/c1-2-24-15(23)21-9-3-8-20(10-11-21)14(22)12-4-6-13(7-5-12)16(17,18)19/h4-7H,2-3,8-11H2,1H3. The molecule has 0 radical (unpaired) electrons. The van der Waals surface area contributed by atoms with Gasteiger partial charge < -0.3 is 14.5 Å². The second-order valence-electron chi connectivity index (χ2n) is 5.41. The Labute approximate surface area is 138 Å². The van der Waals surface area contributed by atoms with Crippen LogP contribution in [0.3, 0.4) is 0 Å². The summed E-state index contributed by atoms with van der Waals surface area (Å²) in [5.41, 5.74) is -0.587. The molecule has 2 amide bonds. The van der Waals surface area contributed by atoms with Crippen molar-refractivity contribution in [1.82, 2.24) is 9.80 Å². The van der Waals surface area contributed by atoms with Gasteiger partial charge in [-0.1, -0.05) is 0 Å². The maximum absolute atomic E-state index is 12.6. The molecule has 132 valence electrons. The zero-order valence-corrected chi connectivity index (χ0v) is 13.3. The maximum atomic E-state index is 12.6. The Hall–Kier alpha value is -2.25. The molecule has 1 aromatic carbocycles. The number of ether oxygens (including phenoxy) is 1. The molecule has 0 unspecified atom stereocenters. The van der Waals surface area contributed by atoms with Crippen molar-refractivity contribution in [3.05, 3.63) is 35.4 Å². The highest BCUT2D eigenvalue weighted by Gasteiger charge is 2.30. The molecule has 1 aliphatic rings. The van der Waals surface area contributed by atoms with Gasteiger partial charge in [-0.05, 0) is 37.6 Å². The SMILES string of the molecule is CCOC(=O)N1CCCN(C(=O)c2ccc(C(F)(F)F)cc2)CC1. The number of rotatable bonds is 2. The molecule has 0 aromatic heterocycles. The molecule has 5 nitrogen and oxygen atoms in total. The van der Waals surface area contributed by atoms with Gasteiger partial charge in [0, 0.05) is 31.7 Å². The first-order valence-electron chi connectivity index (χ1n) is 7.71.